The molecular weight excluding hydrogens is 490 g/mol. The molecule has 1 atom stereocenters. The average molecular weight is 518 g/mol. The van der Waals surface area contributed by atoms with Crippen LogP contribution < -0.4 is 11.1 Å². The Morgan fingerprint density at radius 2 is 1.86 bits per heavy atom. The number of hydrogen-bond donors (Lipinski definition) is 2. The number of benzene rings is 2. The number of amides is 1. The highest BCUT2D eigenvalue weighted by atomic mass is 35.5. The summed E-state index contributed by atoms with van der Waals surface area (Å²) in [5.41, 5.74) is 10.7. The minimum Gasteiger partial charge on any atom is -0.397 e. The maximum atomic E-state index is 13.4. The van der Waals surface area contributed by atoms with Gasteiger partial charge in [0.25, 0.3) is 5.91 Å². The van der Waals surface area contributed by atoms with E-state index in [1.54, 1.807) is 42.5 Å². The quantitative estimate of drug-likeness (QED) is 0.281. The Balaban J connectivity index is 1.47. The number of hydrogen-bond acceptors (Lipinski definition) is 5. The molecule has 0 unspecified atom stereocenters. The number of fused-ring (bicyclic) bond motifs is 2. The van der Waals surface area contributed by atoms with Crippen LogP contribution in [0.3, 0.4) is 0 Å². The second-order valence-corrected chi connectivity index (χ2v) is 11.9. The van der Waals surface area contributed by atoms with Gasteiger partial charge in [0.2, 0.25) is 0 Å². The highest BCUT2D eigenvalue weighted by Crippen LogP contribution is 2.40. The molecule has 3 N–H and O–H groups in total. The van der Waals surface area contributed by atoms with Crippen molar-refractivity contribution in [3.8, 4) is 0 Å². The molecule has 0 bridgehead atoms. The maximum absolute atomic E-state index is 13.4. The Morgan fingerprint density at radius 1 is 1.11 bits per heavy atom. The van der Waals surface area contributed by atoms with Crippen molar-refractivity contribution in [1.29, 1.82) is 0 Å². The van der Waals surface area contributed by atoms with Gasteiger partial charge in [-0.1, -0.05) is 62.7 Å². The van der Waals surface area contributed by atoms with E-state index in [0.717, 1.165) is 35.2 Å². The van der Waals surface area contributed by atoms with Crippen molar-refractivity contribution < 1.29 is 9.59 Å². The van der Waals surface area contributed by atoms with Gasteiger partial charge >= 0.3 is 0 Å². The first-order valence-electron chi connectivity index (χ1n) is 12.0. The Bertz CT molecular complexity index is 1490. The third-order valence-electron chi connectivity index (χ3n) is 7.03. The van der Waals surface area contributed by atoms with E-state index in [0.29, 0.717) is 38.3 Å². The Labute approximate surface area is 219 Å². The van der Waals surface area contributed by atoms with Crippen molar-refractivity contribution in [1.82, 2.24) is 4.98 Å². The normalized spacial score (nSPS) is 15.5. The first kappa shape index (κ1) is 24.5. The van der Waals surface area contributed by atoms with Crippen molar-refractivity contribution in [3.05, 3.63) is 86.9 Å². The molecule has 5 nitrogen and oxygen atoms in total. The predicted octanol–water partition coefficient (Wildman–Crippen LogP) is 7.17. The van der Waals surface area contributed by atoms with Crippen LogP contribution in [0.4, 0.5) is 11.4 Å². The lowest BCUT2D eigenvalue weighted by atomic mass is 9.71. The van der Waals surface area contributed by atoms with Crippen molar-refractivity contribution in [2.75, 3.05) is 11.1 Å². The zero-order chi connectivity index (χ0) is 25.6. The first-order chi connectivity index (χ1) is 17.1. The average Bonchev–Trinajstić information content (AvgIpc) is 3.18. The SMILES string of the molecule is CC(C)(C)[C@H]1CCc2nc3sc(C(=O)Nc4ccc(Cl)cc4C(=O)c4ccccc4)c(N)c3cc2C1. The summed E-state index contributed by atoms with van der Waals surface area (Å²) in [6.07, 6.45) is 3.01. The van der Waals surface area contributed by atoms with Crippen molar-refractivity contribution in [2.45, 2.75) is 40.0 Å². The molecule has 7 heteroatoms. The molecule has 0 fully saturated rings. The summed E-state index contributed by atoms with van der Waals surface area (Å²) in [6.45, 7) is 6.84. The molecule has 4 aromatic rings. The van der Waals surface area contributed by atoms with Crippen LogP contribution in [0.15, 0.2) is 54.6 Å². The highest BCUT2D eigenvalue weighted by molar-refractivity contribution is 7.21. The maximum Gasteiger partial charge on any atom is 0.267 e. The first-order valence-corrected chi connectivity index (χ1v) is 13.2. The van der Waals surface area contributed by atoms with E-state index in [4.69, 9.17) is 22.3 Å². The number of nitrogen functional groups attached to an aromatic ring is 1. The number of anilines is 2. The van der Waals surface area contributed by atoms with Crippen LogP contribution in [0.25, 0.3) is 10.2 Å². The van der Waals surface area contributed by atoms with Gasteiger partial charge in [0.1, 0.15) is 9.71 Å². The van der Waals surface area contributed by atoms with E-state index >= 15 is 0 Å². The van der Waals surface area contributed by atoms with Crippen LogP contribution in [-0.2, 0) is 12.8 Å². The predicted molar refractivity (Wildman–Crippen MR) is 148 cm³/mol. The highest BCUT2D eigenvalue weighted by Gasteiger charge is 2.30. The third-order valence-corrected chi connectivity index (χ3v) is 8.38. The molecule has 2 aromatic carbocycles. The van der Waals surface area contributed by atoms with E-state index in [-0.39, 0.29) is 17.1 Å². The summed E-state index contributed by atoms with van der Waals surface area (Å²) in [6, 6.07) is 15.9. The van der Waals surface area contributed by atoms with Gasteiger partial charge in [0, 0.05) is 27.2 Å². The lowest BCUT2D eigenvalue weighted by Gasteiger charge is -2.34. The lowest BCUT2D eigenvalue weighted by Crippen LogP contribution is -2.27. The second-order valence-electron chi connectivity index (χ2n) is 10.4. The fourth-order valence-corrected chi connectivity index (χ4v) is 6.00. The van der Waals surface area contributed by atoms with E-state index in [1.165, 1.54) is 16.9 Å². The number of rotatable bonds is 4. The molecule has 0 spiro atoms. The molecule has 1 amide bonds. The van der Waals surface area contributed by atoms with Gasteiger partial charge in [-0.3, -0.25) is 9.59 Å². The van der Waals surface area contributed by atoms with Crippen LogP contribution in [0.1, 0.15) is 64.0 Å². The monoisotopic (exact) mass is 517 g/mol. The smallest absolute Gasteiger partial charge is 0.267 e. The Morgan fingerprint density at radius 3 is 2.58 bits per heavy atom. The molecule has 2 heterocycles. The molecule has 36 heavy (non-hydrogen) atoms. The summed E-state index contributed by atoms with van der Waals surface area (Å²) in [4.78, 5) is 32.5. The molecular formula is C29H28ClN3O2S. The molecule has 184 valence electrons. The number of pyridine rings is 1. The largest absolute Gasteiger partial charge is 0.397 e. The van der Waals surface area contributed by atoms with Gasteiger partial charge in [-0.2, -0.15) is 0 Å². The van der Waals surface area contributed by atoms with Gasteiger partial charge in [0.15, 0.2) is 5.78 Å². The van der Waals surface area contributed by atoms with Crippen molar-refractivity contribution >= 4 is 56.2 Å². The van der Waals surface area contributed by atoms with E-state index in [9.17, 15) is 9.59 Å². The number of nitrogens with one attached hydrogen (secondary N) is 1. The number of nitrogens with two attached hydrogens (primary N) is 1. The Kier molecular flexibility index (Phi) is 6.35. The van der Waals surface area contributed by atoms with Crippen LogP contribution in [0.5, 0.6) is 0 Å². The Hall–Kier alpha value is -3.22. The van der Waals surface area contributed by atoms with Gasteiger partial charge in [0.05, 0.1) is 11.4 Å². The van der Waals surface area contributed by atoms with E-state index in [1.807, 2.05) is 6.07 Å². The third kappa shape index (κ3) is 4.63. The summed E-state index contributed by atoms with van der Waals surface area (Å²) in [7, 11) is 0. The van der Waals surface area contributed by atoms with Gasteiger partial charge in [-0.25, -0.2) is 4.98 Å². The van der Waals surface area contributed by atoms with Crippen molar-refractivity contribution in [2.24, 2.45) is 11.3 Å². The van der Waals surface area contributed by atoms with Crippen LogP contribution >= 0.6 is 22.9 Å². The number of thiophene rings is 1. The zero-order valence-corrected chi connectivity index (χ0v) is 22.1. The molecule has 5 rings (SSSR count). The molecule has 0 aliphatic heterocycles. The number of aryl methyl sites for hydroxylation is 1. The molecule has 1 aliphatic rings. The number of carbonyl (C=O) groups excluding carboxylic acids is 2. The summed E-state index contributed by atoms with van der Waals surface area (Å²) in [5, 5.41) is 4.12. The fraction of sp³-hybridized carbons (Fsp3) is 0.276. The standard InChI is InChI=1S/C29H28ClN3O2S/c1-29(2,3)18-9-11-22-17(13-18)14-21-24(31)26(36-28(21)33-22)27(35)32-23-12-10-19(30)15-20(23)25(34)16-7-5-4-6-8-16/h4-8,10,12,14-15,18H,9,11,13,31H2,1-3H3,(H,32,35)/t18-/m0/s1. The molecule has 0 radical (unpaired) electrons. The molecule has 0 saturated carbocycles. The minimum atomic E-state index is -0.370. The lowest BCUT2D eigenvalue weighted by molar-refractivity contribution is 0.103. The molecule has 1 aliphatic carbocycles. The molecule has 0 saturated heterocycles. The summed E-state index contributed by atoms with van der Waals surface area (Å²) < 4.78 is 0. The van der Waals surface area contributed by atoms with Crippen LogP contribution in [0, 0.1) is 11.3 Å². The summed E-state index contributed by atoms with van der Waals surface area (Å²) >= 11 is 7.47. The van der Waals surface area contributed by atoms with E-state index in [2.05, 4.69) is 32.2 Å². The number of nitrogens with zero attached hydrogens (tertiary/aromatic N) is 1. The molecule has 2 aromatic heterocycles. The van der Waals surface area contributed by atoms with Crippen LogP contribution in [0.2, 0.25) is 5.02 Å². The number of ketones is 1. The number of carbonyl (C=O) groups is 2. The number of halogens is 1. The van der Waals surface area contributed by atoms with Crippen molar-refractivity contribution in [3.63, 3.8) is 0 Å². The second kappa shape index (κ2) is 9.34. The number of aromatic nitrogens is 1. The topological polar surface area (TPSA) is 85.1 Å². The van der Waals surface area contributed by atoms with Gasteiger partial charge in [-0.05, 0) is 60.4 Å². The fourth-order valence-electron chi connectivity index (χ4n) is 4.84. The van der Waals surface area contributed by atoms with Crippen LogP contribution in [-0.4, -0.2) is 16.7 Å². The van der Waals surface area contributed by atoms with Gasteiger partial charge < -0.3 is 11.1 Å². The summed E-state index contributed by atoms with van der Waals surface area (Å²) in [5.74, 6) is -0.0108. The van der Waals surface area contributed by atoms with Gasteiger partial charge in [-0.15, -0.1) is 11.3 Å². The van der Waals surface area contributed by atoms with E-state index < -0.39 is 0 Å². The minimum absolute atomic E-state index is 0.222. The zero-order valence-electron chi connectivity index (χ0n) is 20.5.